The fourth-order valence-corrected chi connectivity index (χ4v) is 2.89. The van der Waals surface area contributed by atoms with Crippen LogP contribution in [0.5, 0.6) is 0 Å². The van der Waals surface area contributed by atoms with Gasteiger partial charge in [0.2, 0.25) is 5.91 Å². The predicted octanol–water partition coefficient (Wildman–Crippen LogP) is 0.957. The van der Waals surface area contributed by atoms with Gasteiger partial charge in [0.05, 0.1) is 12.5 Å². The number of nitrogens with one attached hydrogen (secondary N) is 1. The number of benzene rings is 1. The fourth-order valence-electron chi connectivity index (χ4n) is 2.89. The summed E-state index contributed by atoms with van der Waals surface area (Å²) in [4.78, 5) is 13.4. The first-order valence-corrected chi connectivity index (χ1v) is 6.41. The van der Waals surface area contributed by atoms with Gasteiger partial charge in [0.25, 0.3) is 0 Å². The van der Waals surface area contributed by atoms with Gasteiger partial charge < -0.3 is 16.0 Å². The van der Waals surface area contributed by atoms with E-state index >= 15 is 0 Å². The molecule has 1 unspecified atom stereocenters. The van der Waals surface area contributed by atoms with Gasteiger partial charge >= 0.3 is 0 Å². The lowest BCUT2D eigenvalue weighted by molar-refractivity contribution is -0.117. The number of fused-ring (bicyclic) bond motifs is 1. The third kappa shape index (κ3) is 1.64. The summed E-state index contributed by atoms with van der Waals surface area (Å²) in [5.41, 5.74) is 9.53. The minimum Gasteiger partial charge on any atom is -0.323 e. The molecule has 1 fully saturated rings. The highest BCUT2D eigenvalue weighted by molar-refractivity contribution is 6.00. The quantitative estimate of drug-likeness (QED) is 0.834. The highest BCUT2D eigenvalue weighted by Crippen LogP contribution is 2.44. The van der Waals surface area contributed by atoms with E-state index in [1.165, 1.54) is 5.56 Å². The fraction of sp³-hybridized carbons (Fsp3) is 0.500. The van der Waals surface area contributed by atoms with E-state index in [-0.39, 0.29) is 17.5 Å². The van der Waals surface area contributed by atoms with Crippen molar-refractivity contribution in [1.29, 1.82) is 0 Å². The molecule has 3 rings (SSSR count). The maximum atomic E-state index is 11.7. The molecule has 3 N–H and O–H groups in total. The average molecular weight is 245 g/mol. The normalized spacial score (nSPS) is 21.9. The van der Waals surface area contributed by atoms with Crippen molar-refractivity contribution in [3.8, 4) is 0 Å². The lowest BCUT2D eigenvalue weighted by Gasteiger charge is -2.24. The molecule has 1 aliphatic carbocycles. The zero-order valence-corrected chi connectivity index (χ0v) is 10.9. The van der Waals surface area contributed by atoms with Crippen molar-refractivity contribution in [1.82, 2.24) is 5.32 Å². The third-order valence-electron chi connectivity index (χ3n) is 4.20. The number of nitrogens with two attached hydrogens (primary N) is 1. The Bertz CT molecular complexity index is 508. The zero-order chi connectivity index (χ0) is 12.9. The van der Waals surface area contributed by atoms with E-state index < -0.39 is 0 Å². The molecule has 1 atom stereocenters. The Balaban J connectivity index is 1.96. The first kappa shape index (κ1) is 11.7. The molecule has 2 aliphatic rings. The second-order valence-electron chi connectivity index (χ2n) is 5.47. The topological polar surface area (TPSA) is 58.4 Å². The van der Waals surface area contributed by atoms with Crippen molar-refractivity contribution < 1.29 is 4.79 Å². The minimum atomic E-state index is -0.0997. The van der Waals surface area contributed by atoms with Gasteiger partial charge in [-0.2, -0.15) is 0 Å². The lowest BCUT2D eigenvalue weighted by atomic mass is 9.95. The Morgan fingerprint density at radius 3 is 2.78 bits per heavy atom. The van der Waals surface area contributed by atoms with Crippen LogP contribution in [0.1, 0.15) is 30.0 Å². The van der Waals surface area contributed by atoms with Gasteiger partial charge in [0, 0.05) is 18.3 Å². The van der Waals surface area contributed by atoms with Crippen molar-refractivity contribution in [3.05, 3.63) is 29.3 Å². The number of rotatable bonds is 3. The van der Waals surface area contributed by atoms with Crippen molar-refractivity contribution in [2.24, 2.45) is 5.73 Å². The number of carbonyl (C=O) groups is 1. The zero-order valence-electron chi connectivity index (χ0n) is 10.9. The van der Waals surface area contributed by atoms with Crippen LogP contribution in [0.25, 0.3) is 0 Å². The molecule has 0 spiro atoms. The van der Waals surface area contributed by atoms with E-state index in [9.17, 15) is 4.79 Å². The molecule has 1 heterocycles. The number of nitrogens with zero attached hydrogens (tertiary/aromatic N) is 1. The van der Waals surface area contributed by atoms with Crippen molar-refractivity contribution >= 4 is 11.6 Å². The van der Waals surface area contributed by atoms with Crippen LogP contribution in [-0.4, -0.2) is 25.5 Å². The maximum absolute atomic E-state index is 11.7. The number of likely N-dealkylation sites (N-methyl/N-ethyl adjacent to an activating group) is 2. The summed E-state index contributed by atoms with van der Waals surface area (Å²) in [7, 11) is 3.77. The summed E-state index contributed by atoms with van der Waals surface area (Å²) in [6.45, 7) is 0. The van der Waals surface area contributed by atoms with Crippen LogP contribution in [0.3, 0.4) is 0 Å². The van der Waals surface area contributed by atoms with E-state index in [1.54, 1.807) is 4.90 Å². The van der Waals surface area contributed by atoms with E-state index in [4.69, 9.17) is 5.73 Å². The van der Waals surface area contributed by atoms with Crippen LogP contribution in [0, 0.1) is 0 Å². The van der Waals surface area contributed by atoms with Gasteiger partial charge in [0.15, 0.2) is 0 Å². The molecule has 1 aromatic rings. The molecule has 0 aromatic heterocycles. The summed E-state index contributed by atoms with van der Waals surface area (Å²) < 4.78 is 0. The predicted molar refractivity (Wildman–Crippen MR) is 71.5 cm³/mol. The molecule has 18 heavy (non-hydrogen) atoms. The Kier molecular flexibility index (Phi) is 2.47. The molecule has 1 saturated carbocycles. The summed E-state index contributed by atoms with van der Waals surface area (Å²) >= 11 is 0. The van der Waals surface area contributed by atoms with E-state index in [0.717, 1.165) is 24.1 Å². The summed E-state index contributed by atoms with van der Waals surface area (Å²) in [5.74, 6) is 0.164. The van der Waals surface area contributed by atoms with Crippen LogP contribution >= 0.6 is 0 Å². The first-order valence-electron chi connectivity index (χ1n) is 6.41. The Morgan fingerprint density at radius 1 is 1.44 bits per heavy atom. The van der Waals surface area contributed by atoms with Crippen molar-refractivity contribution in [2.45, 2.75) is 30.8 Å². The van der Waals surface area contributed by atoms with Gasteiger partial charge in [-0.25, -0.2) is 0 Å². The molecule has 1 amide bonds. The van der Waals surface area contributed by atoms with Crippen LogP contribution in [0.2, 0.25) is 0 Å². The van der Waals surface area contributed by atoms with Gasteiger partial charge in [-0.15, -0.1) is 0 Å². The molecule has 0 radical (unpaired) electrons. The largest absolute Gasteiger partial charge is 0.323 e. The molecule has 1 aliphatic heterocycles. The number of hydrogen-bond donors (Lipinski definition) is 2. The van der Waals surface area contributed by atoms with E-state index in [1.807, 2.05) is 20.2 Å². The van der Waals surface area contributed by atoms with Gasteiger partial charge in [-0.3, -0.25) is 4.79 Å². The highest BCUT2D eigenvalue weighted by atomic mass is 16.2. The van der Waals surface area contributed by atoms with Crippen LogP contribution in [0.15, 0.2) is 18.2 Å². The Hall–Kier alpha value is -1.39. The number of carbonyl (C=O) groups excluding carboxylic acids is 1. The number of hydrogen-bond acceptors (Lipinski definition) is 3. The van der Waals surface area contributed by atoms with Crippen LogP contribution in [0.4, 0.5) is 5.69 Å². The SMILES string of the molecule is CNC(c1ccc2c(c1)CC(=O)N2C)C1(N)CC1. The smallest absolute Gasteiger partial charge is 0.231 e. The summed E-state index contributed by atoms with van der Waals surface area (Å²) in [6, 6.07) is 6.43. The molecule has 1 aromatic carbocycles. The monoisotopic (exact) mass is 245 g/mol. The number of anilines is 1. The van der Waals surface area contributed by atoms with E-state index in [0.29, 0.717) is 6.42 Å². The van der Waals surface area contributed by atoms with Crippen molar-refractivity contribution in [2.75, 3.05) is 19.0 Å². The van der Waals surface area contributed by atoms with Gasteiger partial charge in [-0.1, -0.05) is 12.1 Å². The Morgan fingerprint density at radius 2 is 2.17 bits per heavy atom. The Labute approximate surface area is 107 Å². The summed E-state index contributed by atoms with van der Waals surface area (Å²) in [6.07, 6.45) is 2.64. The van der Waals surface area contributed by atoms with E-state index in [2.05, 4.69) is 17.4 Å². The van der Waals surface area contributed by atoms with Gasteiger partial charge in [0.1, 0.15) is 0 Å². The third-order valence-corrected chi connectivity index (χ3v) is 4.20. The molecule has 4 heteroatoms. The standard InChI is InChI=1S/C14H19N3O/c1-16-13(14(15)5-6-14)9-3-4-11-10(7-9)8-12(18)17(11)2/h3-4,7,13,16H,5-6,8,15H2,1-2H3. The number of amides is 1. The molecular formula is C14H19N3O. The van der Waals surface area contributed by atoms with Crippen LogP contribution in [-0.2, 0) is 11.2 Å². The van der Waals surface area contributed by atoms with Crippen LogP contribution < -0.4 is 16.0 Å². The first-order chi connectivity index (χ1) is 8.55. The lowest BCUT2D eigenvalue weighted by Crippen LogP contribution is -2.38. The molecule has 0 saturated heterocycles. The summed E-state index contributed by atoms with van der Waals surface area (Å²) in [5, 5.41) is 3.31. The second-order valence-corrected chi connectivity index (χ2v) is 5.47. The molecular weight excluding hydrogens is 226 g/mol. The molecule has 0 bridgehead atoms. The maximum Gasteiger partial charge on any atom is 0.231 e. The molecule has 4 nitrogen and oxygen atoms in total. The molecule has 96 valence electrons. The minimum absolute atomic E-state index is 0.0997. The second kappa shape index (κ2) is 3.80. The van der Waals surface area contributed by atoms with Gasteiger partial charge in [-0.05, 0) is 37.1 Å². The highest BCUT2D eigenvalue weighted by Gasteiger charge is 2.46. The van der Waals surface area contributed by atoms with Crippen molar-refractivity contribution in [3.63, 3.8) is 0 Å². The average Bonchev–Trinajstić information content (AvgIpc) is 3.01.